The lowest BCUT2D eigenvalue weighted by atomic mass is 10.3. The molecule has 0 aromatic heterocycles. The minimum absolute atomic E-state index is 0.269. The van der Waals surface area contributed by atoms with E-state index in [1.165, 1.54) is 0 Å². The van der Waals surface area contributed by atoms with Crippen LogP contribution in [0.2, 0.25) is 0 Å². The molecule has 0 bridgehead atoms. The molecule has 1 aliphatic heterocycles. The molecule has 1 heterocycles. The number of rotatable bonds is 4. The second kappa shape index (κ2) is 4.42. The van der Waals surface area contributed by atoms with Crippen molar-refractivity contribution in [3.8, 4) is 17.2 Å². The van der Waals surface area contributed by atoms with Crippen molar-refractivity contribution in [2.24, 2.45) is 0 Å². The number of alkyl halides is 1. The SMILES string of the molecule is ClCCCOc1cccc2c1OCO2. The van der Waals surface area contributed by atoms with Crippen LogP contribution in [0.1, 0.15) is 6.42 Å². The molecule has 4 heteroatoms. The summed E-state index contributed by atoms with van der Waals surface area (Å²) in [4.78, 5) is 0. The Morgan fingerprint density at radius 2 is 2.29 bits per heavy atom. The average molecular weight is 215 g/mol. The third kappa shape index (κ3) is 1.87. The molecule has 3 nitrogen and oxygen atoms in total. The van der Waals surface area contributed by atoms with Crippen molar-refractivity contribution in [1.82, 2.24) is 0 Å². The molecule has 76 valence electrons. The molecule has 0 atom stereocenters. The van der Waals surface area contributed by atoms with E-state index in [0.29, 0.717) is 18.2 Å². The first-order chi connectivity index (χ1) is 6.92. The van der Waals surface area contributed by atoms with Gasteiger partial charge in [-0.1, -0.05) is 6.07 Å². The van der Waals surface area contributed by atoms with Crippen molar-refractivity contribution in [2.45, 2.75) is 6.42 Å². The molecule has 0 saturated carbocycles. The summed E-state index contributed by atoms with van der Waals surface area (Å²) in [7, 11) is 0. The van der Waals surface area contributed by atoms with Crippen LogP contribution in [0.25, 0.3) is 0 Å². The van der Waals surface area contributed by atoms with Crippen molar-refractivity contribution in [3.63, 3.8) is 0 Å². The quantitative estimate of drug-likeness (QED) is 0.569. The molecule has 1 aromatic carbocycles. The van der Waals surface area contributed by atoms with Crippen LogP contribution in [0.15, 0.2) is 18.2 Å². The van der Waals surface area contributed by atoms with E-state index in [1.807, 2.05) is 18.2 Å². The minimum Gasteiger partial charge on any atom is -0.490 e. The number of hydrogen-bond donors (Lipinski definition) is 0. The van der Waals surface area contributed by atoms with Gasteiger partial charge in [-0.25, -0.2) is 0 Å². The maximum atomic E-state index is 5.55. The summed E-state index contributed by atoms with van der Waals surface area (Å²) in [5.74, 6) is 2.77. The standard InChI is InChI=1S/C10H11ClO3/c11-5-2-6-12-8-3-1-4-9-10(8)14-7-13-9/h1,3-4H,2,5-7H2. The summed E-state index contributed by atoms with van der Waals surface area (Å²) < 4.78 is 16.0. The Labute approximate surface area is 87.5 Å². The third-order valence-electron chi connectivity index (χ3n) is 1.90. The molecule has 0 unspecified atom stereocenters. The van der Waals surface area contributed by atoms with Gasteiger partial charge in [0.05, 0.1) is 6.61 Å². The Morgan fingerprint density at radius 3 is 3.14 bits per heavy atom. The highest BCUT2D eigenvalue weighted by Crippen LogP contribution is 2.40. The molecule has 0 radical (unpaired) electrons. The van der Waals surface area contributed by atoms with Crippen LogP contribution in [0.5, 0.6) is 17.2 Å². The van der Waals surface area contributed by atoms with Gasteiger partial charge in [-0.2, -0.15) is 0 Å². The number of benzene rings is 1. The highest BCUT2D eigenvalue weighted by atomic mass is 35.5. The van der Waals surface area contributed by atoms with Gasteiger partial charge >= 0.3 is 0 Å². The Morgan fingerprint density at radius 1 is 1.36 bits per heavy atom. The molecule has 1 aromatic rings. The molecular weight excluding hydrogens is 204 g/mol. The predicted octanol–water partition coefficient (Wildman–Crippen LogP) is 2.42. The number of ether oxygens (including phenoxy) is 3. The maximum absolute atomic E-state index is 5.55. The number of fused-ring (bicyclic) bond motifs is 1. The first kappa shape index (κ1) is 9.46. The van der Waals surface area contributed by atoms with Crippen LogP contribution in [0.3, 0.4) is 0 Å². The van der Waals surface area contributed by atoms with Gasteiger partial charge < -0.3 is 14.2 Å². The van der Waals surface area contributed by atoms with Crippen LogP contribution < -0.4 is 14.2 Å². The van der Waals surface area contributed by atoms with Crippen LogP contribution >= 0.6 is 11.6 Å². The van der Waals surface area contributed by atoms with Crippen LogP contribution in [-0.2, 0) is 0 Å². The van der Waals surface area contributed by atoms with E-state index in [2.05, 4.69) is 0 Å². The Hall–Kier alpha value is -1.09. The molecule has 0 aliphatic carbocycles. The summed E-state index contributed by atoms with van der Waals surface area (Å²) in [5.41, 5.74) is 0. The first-order valence-corrected chi connectivity index (χ1v) is 5.02. The van der Waals surface area contributed by atoms with E-state index < -0.39 is 0 Å². The molecule has 0 amide bonds. The largest absolute Gasteiger partial charge is 0.490 e. The topological polar surface area (TPSA) is 27.7 Å². The zero-order valence-corrected chi connectivity index (χ0v) is 8.42. The zero-order valence-electron chi connectivity index (χ0n) is 7.66. The first-order valence-electron chi connectivity index (χ1n) is 4.49. The Kier molecular flexibility index (Phi) is 2.99. The second-order valence-corrected chi connectivity index (χ2v) is 3.26. The summed E-state index contributed by atoms with van der Waals surface area (Å²) in [6, 6.07) is 5.60. The lowest BCUT2D eigenvalue weighted by Gasteiger charge is -2.07. The van der Waals surface area contributed by atoms with E-state index >= 15 is 0 Å². The van der Waals surface area contributed by atoms with Crippen molar-refractivity contribution in [2.75, 3.05) is 19.3 Å². The highest BCUT2D eigenvalue weighted by Gasteiger charge is 2.17. The Balaban J connectivity index is 2.06. The van der Waals surface area contributed by atoms with E-state index in [1.54, 1.807) is 0 Å². The molecule has 2 rings (SSSR count). The fraction of sp³-hybridized carbons (Fsp3) is 0.400. The summed E-state index contributed by atoms with van der Waals surface area (Å²) in [5, 5.41) is 0. The highest BCUT2D eigenvalue weighted by molar-refractivity contribution is 6.17. The number of hydrogen-bond acceptors (Lipinski definition) is 3. The number of para-hydroxylation sites is 1. The van der Waals surface area contributed by atoms with Gasteiger partial charge in [-0.3, -0.25) is 0 Å². The van der Waals surface area contributed by atoms with Gasteiger partial charge in [-0.15, -0.1) is 11.6 Å². The van der Waals surface area contributed by atoms with Gasteiger partial charge in [0, 0.05) is 5.88 Å². The molecule has 0 saturated heterocycles. The molecular formula is C10H11ClO3. The van der Waals surface area contributed by atoms with Crippen LogP contribution in [-0.4, -0.2) is 19.3 Å². The monoisotopic (exact) mass is 214 g/mol. The van der Waals surface area contributed by atoms with Crippen LogP contribution in [0.4, 0.5) is 0 Å². The van der Waals surface area contributed by atoms with Gasteiger partial charge in [0.2, 0.25) is 12.5 Å². The predicted molar refractivity (Wildman–Crippen MR) is 53.4 cm³/mol. The van der Waals surface area contributed by atoms with Gasteiger partial charge in [0.15, 0.2) is 11.5 Å². The second-order valence-electron chi connectivity index (χ2n) is 2.88. The summed E-state index contributed by atoms with van der Waals surface area (Å²) >= 11 is 5.55. The number of halogens is 1. The van der Waals surface area contributed by atoms with E-state index in [-0.39, 0.29) is 6.79 Å². The van der Waals surface area contributed by atoms with E-state index in [0.717, 1.165) is 17.9 Å². The van der Waals surface area contributed by atoms with E-state index in [4.69, 9.17) is 25.8 Å². The van der Waals surface area contributed by atoms with Crippen molar-refractivity contribution >= 4 is 11.6 Å². The van der Waals surface area contributed by atoms with Crippen molar-refractivity contribution < 1.29 is 14.2 Å². The fourth-order valence-corrected chi connectivity index (χ4v) is 1.36. The molecule has 1 aliphatic rings. The zero-order chi connectivity index (χ0) is 9.80. The third-order valence-corrected chi connectivity index (χ3v) is 2.16. The van der Waals surface area contributed by atoms with Gasteiger partial charge in [0.25, 0.3) is 0 Å². The van der Waals surface area contributed by atoms with E-state index in [9.17, 15) is 0 Å². The molecule has 0 spiro atoms. The van der Waals surface area contributed by atoms with Gasteiger partial charge in [0.1, 0.15) is 0 Å². The Bertz CT molecular complexity index is 314. The summed E-state index contributed by atoms with van der Waals surface area (Å²) in [6.45, 7) is 0.870. The van der Waals surface area contributed by atoms with Crippen molar-refractivity contribution in [1.29, 1.82) is 0 Å². The molecule has 14 heavy (non-hydrogen) atoms. The lowest BCUT2D eigenvalue weighted by Crippen LogP contribution is -1.99. The lowest BCUT2D eigenvalue weighted by molar-refractivity contribution is 0.169. The fourth-order valence-electron chi connectivity index (χ4n) is 1.25. The normalized spacial score (nSPS) is 12.9. The maximum Gasteiger partial charge on any atom is 0.231 e. The van der Waals surface area contributed by atoms with Crippen molar-refractivity contribution in [3.05, 3.63) is 18.2 Å². The molecule has 0 N–H and O–H groups in total. The van der Waals surface area contributed by atoms with Crippen LogP contribution in [0, 0.1) is 0 Å². The minimum atomic E-state index is 0.269. The smallest absolute Gasteiger partial charge is 0.231 e. The van der Waals surface area contributed by atoms with Gasteiger partial charge in [-0.05, 0) is 18.6 Å². The summed E-state index contributed by atoms with van der Waals surface area (Å²) in [6.07, 6.45) is 0.825. The molecule has 0 fully saturated rings. The average Bonchev–Trinajstić information content (AvgIpc) is 2.67.